The molecule has 1 N–H and O–H groups in total. The standard InChI is InChI=1S/C5H10FN.ClH/c1-4-2-5(6)3-7-4;/h4-5,7H,2-3H2,1H3;1H. The second-order valence-corrected chi connectivity index (χ2v) is 2.14. The van der Waals surface area contributed by atoms with Gasteiger partial charge in [-0.15, -0.1) is 12.4 Å². The van der Waals surface area contributed by atoms with Crippen molar-refractivity contribution in [2.45, 2.75) is 25.6 Å². The highest BCUT2D eigenvalue weighted by Gasteiger charge is 2.18. The smallest absolute Gasteiger partial charge is 0.114 e. The van der Waals surface area contributed by atoms with Gasteiger partial charge in [-0.2, -0.15) is 0 Å². The van der Waals surface area contributed by atoms with Crippen molar-refractivity contribution in [2.24, 2.45) is 0 Å². The summed E-state index contributed by atoms with van der Waals surface area (Å²) >= 11 is 0. The molecule has 50 valence electrons. The molecule has 8 heavy (non-hydrogen) atoms. The van der Waals surface area contributed by atoms with Gasteiger partial charge in [-0.25, -0.2) is 4.39 Å². The van der Waals surface area contributed by atoms with Gasteiger partial charge < -0.3 is 5.32 Å². The van der Waals surface area contributed by atoms with E-state index in [2.05, 4.69) is 5.32 Å². The molecular weight excluding hydrogens is 129 g/mol. The van der Waals surface area contributed by atoms with E-state index in [0.717, 1.165) is 0 Å². The number of alkyl halides is 1. The summed E-state index contributed by atoms with van der Waals surface area (Å²) in [6, 6.07) is 0.398. The van der Waals surface area contributed by atoms with Gasteiger partial charge in [0.05, 0.1) is 0 Å². The van der Waals surface area contributed by atoms with Crippen LogP contribution in [0.5, 0.6) is 0 Å². The Labute approximate surface area is 55.1 Å². The van der Waals surface area contributed by atoms with Gasteiger partial charge in [-0.05, 0) is 13.3 Å². The molecule has 1 fully saturated rings. The van der Waals surface area contributed by atoms with Gasteiger partial charge in [0.15, 0.2) is 0 Å². The Morgan fingerprint density at radius 3 is 2.38 bits per heavy atom. The highest BCUT2D eigenvalue weighted by molar-refractivity contribution is 5.85. The lowest BCUT2D eigenvalue weighted by Crippen LogP contribution is -2.16. The molecule has 0 aromatic heterocycles. The van der Waals surface area contributed by atoms with Crippen molar-refractivity contribution in [1.29, 1.82) is 0 Å². The van der Waals surface area contributed by atoms with Gasteiger partial charge in [0, 0.05) is 12.6 Å². The van der Waals surface area contributed by atoms with Crippen LogP contribution < -0.4 is 5.32 Å². The normalized spacial score (nSPS) is 36.8. The lowest BCUT2D eigenvalue weighted by atomic mass is 10.2. The Hall–Kier alpha value is 0.180. The first kappa shape index (κ1) is 8.18. The van der Waals surface area contributed by atoms with Gasteiger partial charge in [0.25, 0.3) is 0 Å². The Balaban J connectivity index is 0.000000490. The van der Waals surface area contributed by atoms with E-state index in [1.165, 1.54) is 0 Å². The third kappa shape index (κ3) is 1.97. The molecule has 0 saturated carbocycles. The predicted octanol–water partition coefficient (Wildman–Crippen LogP) is 1.13. The van der Waals surface area contributed by atoms with Crippen LogP contribution in [0.1, 0.15) is 13.3 Å². The molecule has 0 radical (unpaired) electrons. The zero-order valence-electron chi connectivity index (χ0n) is 4.86. The second kappa shape index (κ2) is 3.25. The number of hydrogen-bond acceptors (Lipinski definition) is 1. The molecule has 2 unspecified atom stereocenters. The summed E-state index contributed by atoms with van der Waals surface area (Å²) in [6.07, 6.45) is 0.106. The van der Waals surface area contributed by atoms with Crippen LogP contribution in [0, 0.1) is 0 Å². The third-order valence-electron chi connectivity index (χ3n) is 1.30. The van der Waals surface area contributed by atoms with E-state index in [0.29, 0.717) is 19.0 Å². The van der Waals surface area contributed by atoms with Crippen LogP contribution >= 0.6 is 12.4 Å². The number of hydrogen-bond donors (Lipinski definition) is 1. The molecule has 1 aliphatic rings. The maximum Gasteiger partial charge on any atom is 0.114 e. The molecule has 1 aliphatic heterocycles. The van der Waals surface area contributed by atoms with Crippen LogP contribution in [-0.4, -0.2) is 18.8 Å². The van der Waals surface area contributed by atoms with E-state index < -0.39 is 6.17 Å². The average Bonchev–Trinajstić information content (AvgIpc) is 1.87. The summed E-state index contributed by atoms with van der Waals surface area (Å²) in [6.45, 7) is 2.56. The van der Waals surface area contributed by atoms with Gasteiger partial charge in [-0.1, -0.05) is 0 Å². The van der Waals surface area contributed by atoms with Crippen LogP contribution in [-0.2, 0) is 0 Å². The summed E-state index contributed by atoms with van der Waals surface area (Å²) in [5.74, 6) is 0. The molecule has 1 rings (SSSR count). The summed E-state index contributed by atoms with van der Waals surface area (Å²) in [5, 5.41) is 2.99. The molecule has 2 atom stereocenters. The molecule has 0 bridgehead atoms. The van der Waals surface area contributed by atoms with Crippen LogP contribution in [0.3, 0.4) is 0 Å². The first-order valence-electron chi connectivity index (χ1n) is 2.66. The minimum absolute atomic E-state index is 0. The molecule has 1 saturated heterocycles. The van der Waals surface area contributed by atoms with Crippen LogP contribution in [0.4, 0.5) is 4.39 Å². The fourth-order valence-electron chi connectivity index (χ4n) is 0.879. The lowest BCUT2D eigenvalue weighted by Gasteiger charge is -1.94. The van der Waals surface area contributed by atoms with Crippen molar-refractivity contribution in [3.8, 4) is 0 Å². The Morgan fingerprint density at radius 2 is 2.25 bits per heavy atom. The summed E-state index contributed by atoms with van der Waals surface area (Å²) in [7, 11) is 0. The molecular formula is C5H11ClFN. The van der Waals surface area contributed by atoms with Crippen molar-refractivity contribution in [3.63, 3.8) is 0 Å². The zero-order valence-corrected chi connectivity index (χ0v) is 5.67. The molecule has 0 spiro atoms. The Kier molecular flexibility index (Phi) is 3.33. The monoisotopic (exact) mass is 139 g/mol. The topological polar surface area (TPSA) is 12.0 Å². The maximum atomic E-state index is 12.1. The third-order valence-corrected chi connectivity index (χ3v) is 1.30. The summed E-state index contributed by atoms with van der Waals surface area (Å²) < 4.78 is 12.1. The van der Waals surface area contributed by atoms with E-state index in [9.17, 15) is 4.39 Å². The number of rotatable bonds is 0. The lowest BCUT2D eigenvalue weighted by molar-refractivity contribution is 0.357. The van der Waals surface area contributed by atoms with Crippen molar-refractivity contribution in [3.05, 3.63) is 0 Å². The van der Waals surface area contributed by atoms with E-state index in [4.69, 9.17) is 0 Å². The van der Waals surface area contributed by atoms with Gasteiger partial charge in [0.2, 0.25) is 0 Å². The second-order valence-electron chi connectivity index (χ2n) is 2.14. The van der Waals surface area contributed by atoms with E-state index in [1.54, 1.807) is 0 Å². The predicted molar refractivity (Wildman–Crippen MR) is 34.2 cm³/mol. The molecule has 0 aliphatic carbocycles. The van der Waals surface area contributed by atoms with Crippen LogP contribution in [0.25, 0.3) is 0 Å². The maximum absolute atomic E-state index is 12.1. The SMILES string of the molecule is CC1CC(F)CN1.Cl. The molecule has 3 heteroatoms. The molecule has 0 aromatic carbocycles. The van der Waals surface area contributed by atoms with Crippen molar-refractivity contribution >= 4 is 12.4 Å². The van der Waals surface area contributed by atoms with Crippen LogP contribution in [0.15, 0.2) is 0 Å². The summed E-state index contributed by atoms with van der Waals surface area (Å²) in [4.78, 5) is 0. The molecule has 0 amide bonds. The van der Waals surface area contributed by atoms with Gasteiger partial charge >= 0.3 is 0 Å². The number of halogens is 2. The minimum atomic E-state index is -0.588. The Morgan fingerprint density at radius 1 is 1.62 bits per heavy atom. The van der Waals surface area contributed by atoms with E-state index in [-0.39, 0.29) is 12.4 Å². The first-order chi connectivity index (χ1) is 3.29. The van der Waals surface area contributed by atoms with Crippen molar-refractivity contribution in [1.82, 2.24) is 5.32 Å². The largest absolute Gasteiger partial charge is 0.311 e. The van der Waals surface area contributed by atoms with Crippen molar-refractivity contribution < 1.29 is 4.39 Å². The van der Waals surface area contributed by atoms with Crippen molar-refractivity contribution in [2.75, 3.05) is 6.54 Å². The number of nitrogens with one attached hydrogen (secondary N) is 1. The molecule has 0 aromatic rings. The molecule has 1 heterocycles. The average molecular weight is 140 g/mol. The van der Waals surface area contributed by atoms with Gasteiger partial charge in [0.1, 0.15) is 6.17 Å². The fourth-order valence-corrected chi connectivity index (χ4v) is 0.879. The van der Waals surface area contributed by atoms with E-state index >= 15 is 0 Å². The Bertz CT molecular complexity index is 61.4. The highest BCUT2D eigenvalue weighted by Crippen LogP contribution is 2.07. The van der Waals surface area contributed by atoms with E-state index in [1.807, 2.05) is 6.92 Å². The fraction of sp³-hybridized carbons (Fsp3) is 1.00. The van der Waals surface area contributed by atoms with Crippen LogP contribution in [0.2, 0.25) is 0 Å². The minimum Gasteiger partial charge on any atom is -0.311 e. The highest BCUT2D eigenvalue weighted by atomic mass is 35.5. The molecule has 1 nitrogen and oxygen atoms in total. The summed E-state index contributed by atoms with van der Waals surface area (Å²) in [5.41, 5.74) is 0. The quantitative estimate of drug-likeness (QED) is 0.531. The first-order valence-corrected chi connectivity index (χ1v) is 2.66. The zero-order chi connectivity index (χ0) is 5.28. The van der Waals surface area contributed by atoms with Gasteiger partial charge in [-0.3, -0.25) is 0 Å².